The molecule has 0 aliphatic heterocycles. The molecule has 2 heterocycles. The number of para-hydroxylation sites is 1. The third kappa shape index (κ3) is 5.80. The maximum absolute atomic E-state index is 14.0. The van der Waals surface area contributed by atoms with Crippen LogP contribution in [0.1, 0.15) is 22.9 Å². The van der Waals surface area contributed by atoms with Crippen LogP contribution in [0.4, 0.5) is 0 Å². The highest BCUT2D eigenvalue weighted by molar-refractivity contribution is 5.89. The maximum atomic E-state index is 14.0. The van der Waals surface area contributed by atoms with Crippen LogP contribution in [-0.2, 0) is 29.2 Å². The molecule has 10 nitrogen and oxygen atoms in total. The smallest absolute Gasteiger partial charge is 0.247 e. The van der Waals surface area contributed by atoms with Gasteiger partial charge in [0.05, 0.1) is 32.5 Å². The lowest BCUT2D eigenvalue weighted by Gasteiger charge is -2.31. The minimum Gasteiger partial charge on any atom is -0.493 e. The lowest BCUT2D eigenvalue weighted by Crippen LogP contribution is -2.44. The molecule has 0 saturated carbocycles. The van der Waals surface area contributed by atoms with Crippen LogP contribution in [0, 0.1) is 0 Å². The number of hydrogen-bond acceptors (Lipinski definition) is 7. The molecule has 2 amide bonds. The van der Waals surface area contributed by atoms with E-state index in [4.69, 9.17) is 13.9 Å². The van der Waals surface area contributed by atoms with Gasteiger partial charge in [0.2, 0.25) is 11.8 Å². The molecule has 1 N–H and O–H groups in total. The van der Waals surface area contributed by atoms with Gasteiger partial charge < -0.3 is 24.1 Å². The van der Waals surface area contributed by atoms with Gasteiger partial charge in [0, 0.05) is 6.54 Å². The number of carbonyl (C=O) groups is 2. The molecule has 3 aromatic carbocycles. The van der Waals surface area contributed by atoms with E-state index in [0.717, 1.165) is 5.56 Å². The number of fused-ring (bicyclic) bond motifs is 1. The molecule has 2 aromatic heterocycles. The van der Waals surface area contributed by atoms with Gasteiger partial charge in [-0.05, 0) is 47.5 Å². The Kier molecular flexibility index (Phi) is 8.05. The van der Waals surface area contributed by atoms with Crippen LogP contribution in [0.15, 0.2) is 95.6 Å². The van der Waals surface area contributed by atoms with Crippen molar-refractivity contribution in [2.24, 2.45) is 0 Å². The van der Waals surface area contributed by atoms with Crippen LogP contribution in [-0.4, -0.2) is 45.9 Å². The van der Waals surface area contributed by atoms with E-state index in [1.54, 1.807) is 30.3 Å². The number of ether oxygens (including phenoxy) is 2. The number of amides is 2. The number of furan rings is 1. The summed E-state index contributed by atoms with van der Waals surface area (Å²) in [6, 6.07) is 24.6. The zero-order chi connectivity index (χ0) is 27.9. The molecule has 5 rings (SSSR count). The SMILES string of the molecule is COc1ccc([C@@H](C(=O)NCc2ccccc2)N(Cc2ccco2)C(=O)Cn2nnc3ccccc32)cc1OC. The number of nitrogens with zero attached hydrogens (tertiary/aromatic N) is 4. The van der Waals surface area contributed by atoms with Crippen molar-refractivity contribution >= 4 is 22.8 Å². The molecule has 0 fully saturated rings. The van der Waals surface area contributed by atoms with E-state index in [9.17, 15) is 9.59 Å². The first-order valence-corrected chi connectivity index (χ1v) is 12.7. The highest BCUT2D eigenvalue weighted by atomic mass is 16.5. The Morgan fingerprint density at radius 2 is 1.73 bits per heavy atom. The molecule has 0 bridgehead atoms. The Bertz CT molecular complexity index is 1580. The van der Waals surface area contributed by atoms with Crippen molar-refractivity contribution in [3.05, 3.63) is 108 Å². The van der Waals surface area contributed by atoms with Crippen molar-refractivity contribution in [1.82, 2.24) is 25.2 Å². The number of benzene rings is 3. The summed E-state index contributed by atoms with van der Waals surface area (Å²) in [5.74, 6) is 0.764. The fourth-order valence-corrected chi connectivity index (χ4v) is 4.52. The summed E-state index contributed by atoms with van der Waals surface area (Å²) in [5, 5.41) is 11.3. The molecular formula is C30H29N5O5. The Balaban J connectivity index is 1.53. The van der Waals surface area contributed by atoms with Crippen molar-refractivity contribution in [2.45, 2.75) is 25.7 Å². The van der Waals surface area contributed by atoms with Gasteiger partial charge >= 0.3 is 0 Å². The second-order valence-electron chi connectivity index (χ2n) is 9.06. The topological polar surface area (TPSA) is 112 Å². The first-order valence-electron chi connectivity index (χ1n) is 12.7. The Morgan fingerprint density at radius 3 is 2.48 bits per heavy atom. The molecule has 0 unspecified atom stereocenters. The van der Waals surface area contributed by atoms with Crippen molar-refractivity contribution in [1.29, 1.82) is 0 Å². The van der Waals surface area contributed by atoms with E-state index in [2.05, 4.69) is 15.6 Å². The monoisotopic (exact) mass is 539 g/mol. The Hall–Kier alpha value is -5.12. The average Bonchev–Trinajstić information content (AvgIpc) is 3.66. The van der Waals surface area contributed by atoms with Gasteiger partial charge in [-0.25, -0.2) is 4.68 Å². The van der Waals surface area contributed by atoms with E-state index in [1.807, 2.05) is 54.6 Å². The lowest BCUT2D eigenvalue weighted by molar-refractivity contribution is -0.142. The first-order chi connectivity index (χ1) is 19.6. The van der Waals surface area contributed by atoms with Crippen LogP contribution in [0.5, 0.6) is 11.5 Å². The molecular weight excluding hydrogens is 510 g/mol. The van der Waals surface area contributed by atoms with Gasteiger partial charge in [-0.1, -0.05) is 53.7 Å². The summed E-state index contributed by atoms with van der Waals surface area (Å²) in [5.41, 5.74) is 2.86. The van der Waals surface area contributed by atoms with Crippen LogP contribution >= 0.6 is 0 Å². The maximum Gasteiger partial charge on any atom is 0.247 e. The number of hydrogen-bond donors (Lipinski definition) is 1. The van der Waals surface area contributed by atoms with Crippen molar-refractivity contribution < 1.29 is 23.5 Å². The summed E-state index contributed by atoms with van der Waals surface area (Å²) < 4.78 is 18.0. The van der Waals surface area contributed by atoms with E-state index in [-0.39, 0.29) is 24.9 Å². The zero-order valence-corrected chi connectivity index (χ0v) is 22.2. The van der Waals surface area contributed by atoms with Crippen molar-refractivity contribution in [2.75, 3.05) is 14.2 Å². The van der Waals surface area contributed by atoms with Crippen LogP contribution in [0.2, 0.25) is 0 Å². The van der Waals surface area contributed by atoms with Gasteiger partial charge in [-0.2, -0.15) is 0 Å². The highest BCUT2D eigenvalue weighted by Gasteiger charge is 2.33. The molecule has 0 saturated heterocycles. The summed E-state index contributed by atoms with van der Waals surface area (Å²) in [4.78, 5) is 29.4. The lowest BCUT2D eigenvalue weighted by atomic mass is 10.0. The normalized spacial score (nSPS) is 11.7. The number of nitrogens with one attached hydrogen (secondary N) is 1. The summed E-state index contributed by atoms with van der Waals surface area (Å²) in [7, 11) is 3.06. The number of carbonyl (C=O) groups excluding carboxylic acids is 2. The second-order valence-corrected chi connectivity index (χ2v) is 9.06. The van der Waals surface area contributed by atoms with Crippen LogP contribution < -0.4 is 14.8 Å². The van der Waals surface area contributed by atoms with Gasteiger partial charge in [0.1, 0.15) is 23.9 Å². The van der Waals surface area contributed by atoms with Gasteiger partial charge in [-0.3, -0.25) is 9.59 Å². The number of methoxy groups -OCH3 is 2. The molecule has 0 aliphatic carbocycles. The molecule has 0 spiro atoms. The Morgan fingerprint density at radius 1 is 0.950 bits per heavy atom. The largest absolute Gasteiger partial charge is 0.493 e. The summed E-state index contributed by atoms with van der Waals surface area (Å²) in [6.07, 6.45) is 1.53. The Labute approximate surface area is 231 Å². The minimum atomic E-state index is -1.02. The standard InChI is InChI=1S/C30H29N5O5/c1-38-26-15-14-22(17-27(26)39-2)29(30(37)31-18-21-9-4-3-5-10-21)34(19-23-11-8-16-40-23)28(36)20-35-25-13-7-6-12-24(25)32-33-35/h3-17,29H,18-20H2,1-2H3,(H,31,37)/t29-/m0/s1. The van der Waals surface area contributed by atoms with Gasteiger partial charge in [0.25, 0.3) is 0 Å². The van der Waals surface area contributed by atoms with Crippen LogP contribution in [0.3, 0.4) is 0 Å². The number of rotatable bonds is 11. The third-order valence-corrected chi connectivity index (χ3v) is 6.52. The predicted octanol–water partition coefficient (Wildman–Crippen LogP) is 4.13. The molecule has 5 aromatic rings. The molecule has 0 aliphatic rings. The van der Waals surface area contributed by atoms with E-state index in [1.165, 1.54) is 30.1 Å². The summed E-state index contributed by atoms with van der Waals surface area (Å²) in [6.45, 7) is 0.215. The summed E-state index contributed by atoms with van der Waals surface area (Å²) >= 11 is 0. The molecule has 10 heteroatoms. The fourth-order valence-electron chi connectivity index (χ4n) is 4.52. The first kappa shape index (κ1) is 26.5. The van der Waals surface area contributed by atoms with E-state index < -0.39 is 6.04 Å². The molecule has 40 heavy (non-hydrogen) atoms. The van der Waals surface area contributed by atoms with Gasteiger partial charge in [-0.15, -0.1) is 5.10 Å². The molecule has 0 radical (unpaired) electrons. The zero-order valence-electron chi connectivity index (χ0n) is 22.2. The third-order valence-electron chi connectivity index (χ3n) is 6.52. The molecule has 1 atom stereocenters. The second kappa shape index (κ2) is 12.2. The predicted molar refractivity (Wildman–Crippen MR) is 147 cm³/mol. The van der Waals surface area contributed by atoms with Crippen molar-refractivity contribution in [3.8, 4) is 11.5 Å². The quantitative estimate of drug-likeness (QED) is 0.269. The minimum absolute atomic E-state index is 0.0518. The van der Waals surface area contributed by atoms with Crippen LogP contribution in [0.25, 0.3) is 11.0 Å². The average molecular weight is 540 g/mol. The van der Waals surface area contributed by atoms with E-state index in [0.29, 0.717) is 40.4 Å². The van der Waals surface area contributed by atoms with Gasteiger partial charge in [0.15, 0.2) is 11.5 Å². The number of aromatic nitrogens is 3. The molecule has 204 valence electrons. The van der Waals surface area contributed by atoms with E-state index >= 15 is 0 Å². The fraction of sp³-hybridized carbons (Fsp3) is 0.200. The van der Waals surface area contributed by atoms with Crippen molar-refractivity contribution in [3.63, 3.8) is 0 Å². The highest BCUT2D eigenvalue weighted by Crippen LogP contribution is 2.33.